The molecule has 0 N–H and O–H groups in total. The Labute approximate surface area is 172 Å². The van der Waals surface area contributed by atoms with Gasteiger partial charge in [0.2, 0.25) is 0 Å². The molecule has 0 heterocycles. The van der Waals surface area contributed by atoms with Crippen molar-refractivity contribution in [2.24, 2.45) is 0 Å². The van der Waals surface area contributed by atoms with Crippen LogP contribution in [0.2, 0.25) is 0 Å². The van der Waals surface area contributed by atoms with Gasteiger partial charge in [-0.15, -0.1) is 0 Å². The molecule has 1 aromatic carbocycles. The molecule has 0 amide bonds. The van der Waals surface area contributed by atoms with E-state index in [9.17, 15) is 4.39 Å². The van der Waals surface area contributed by atoms with E-state index in [1.807, 2.05) is 58.0 Å². The van der Waals surface area contributed by atoms with E-state index < -0.39 is 0 Å². The summed E-state index contributed by atoms with van der Waals surface area (Å²) in [6.45, 7) is 21.6. The Kier molecular flexibility index (Phi) is 13.4. The lowest BCUT2D eigenvalue weighted by Crippen LogP contribution is -1.94. The normalized spacial score (nSPS) is 13.4. The van der Waals surface area contributed by atoms with E-state index in [-0.39, 0.29) is 5.83 Å². The van der Waals surface area contributed by atoms with Crippen molar-refractivity contribution in [1.29, 1.82) is 0 Å². The number of allylic oxidation sites excluding steroid dienone is 9. The predicted molar refractivity (Wildman–Crippen MR) is 126 cm³/mol. The Morgan fingerprint density at radius 2 is 1.71 bits per heavy atom. The molecule has 1 aliphatic rings. The minimum absolute atomic E-state index is 0.000278. The first-order valence-electron chi connectivity index (χ1n) is 10.2. The summed E-state index contributed by atoms with van der Waals surface area (Å²) >= 11 is 0. The quantitative estimate of drug-likeness (QED) is 0.431. The molecule has 1 heteroatoms. The van der Waals surface area contributed by atoms with Gasteiger partial charge in [0.15, 0.2) is 0 Å². The first-order valence-corrected chi connectivity index (χ1v) is 10.2. The molecule has 1 aromatic rings. The van der Waals surface area contributed by atoms with Crippen molar-refractivity contribution in [2.45, 2.75) is 60.3 Å². The topological polar surface area (TPSA) is 0 Å². The molecule has 0 nitrogen and oxygen atoms in total. The third-order valence-corrected chi connectivity index (χ3v) is 4.34. The van der Waals surface area contributed by atoms with E-state index in [1.54, 1.807) is 6.08 Å². The van der Waals surface area contributed by atoms with Crippen LogP contribution in [0.1, 0.15) is 65.9 Å². The Morgan fingerprint density at radius 1 is 1.11 bits per heavy atom. The predicted octanol–water partition coefficient (Wildman–Crippen LogP) is 9.16. The highest BCUT2D eigenvalue weighted by Gasteiger charge is 2.08. The van der Waals surface area contributed by atoms with Crippen molar-refractivity contribution in [1.82, 2.24) is 0 Å². The summed E-state index contributed by atoms with van der Waals surface area (Å²) in [5.74, 6) is -0.000278. The number of hydrogen-bond donors (Lipinski definition) is 0. The maximum atomic E-state index is 13.0. The highest BCUT2D eigenvalue weighted by molar-refractivity contribution is 5.76. The lowest BCUT2D eigenvalue weighted by molar-refractivity contribution is 0.623. The Hall–Kier alpha value is -2.41. The molecule has 0 spiro atoms. The van der Waals surface area contributed by atoms with Crippen molar-refractivity contribution in [3.8, 4) is 0 Å². The second-order valence-corrected chi connectivity index (χ2v) is 6.66. The summed E-state index contributed by atoms with van der Waals surface area (Å²) in [6.07, 6.45) is 9.71. The van der Waals surface area contributed by atoms with E-state index in [0.717, 1.165) is 53.5 Å². The third-order valence-electron chi connectivity index (χ3n) is 4.34. The average Bonchev–Trinajstić information content (AvgIpc) is 2.71. The maximum absolute atomic E-state index is 13.0. The van der Waals surface area contributed by atoms with Crippen molar-refractivity contribution in [2.75, 3.05) is 0 Å². The molecule has 2 rings (SSSR count). The monoisotopic (exact) mass is 380 g/mol. The van der Waals surface area contributed by atoms with E-state index >= 15 is 0 Å². The van der Waals surface area contributed by atoms with Crippen LogP contribution in [0.5, 0.6) is 0 Å². The van der Waals surface area contributed by atoms with Crippen molar-refractivity contribution < 1.29 is 4.39 Å². The summed E-state index contributed by atoms with van der Waals surface area (Å²) in [6, 6.07) is 10.1. The summed E-state index contributed by atoms with van der Waals surface area (Å²) in [4.78, 5) is 0. The summed E-state index contributed by atoms with van der Waals surface area (Å²) in [5.41, 5.74) is 6.32. The van der Waals surface area contributed by atoms with Gasteiger partial charge in [0.05, 0.1) is 0 Å². The van der Waals surface area contributed by atoms with Crippen LogP contribution in [0.3, 0.4) is 0 Å². The van der Waals surface area contributed by atoms with E-state index in [0.29, 0.717) is 0 Å². The first kappa shape index (κ1) is 25.6. The van der Waals surface area contributed by atoms with Gasteiger partial charge in [-0.25, -0.2) is 4.39 Å². The van der Waals surface area contributed by atoms with Gasteiger partial charge in [-0.2, -0.15) is 0 Å². The fourth-order valence-electron chi connectivity index (χ4n) is 2.56. The molecule has 28 heavy (non-hydrogen) atoms. The molecular weight excluding hydrogens is 343 g/mol. The van der Waals surface area contributed by atoms with Gasteiger partial charge in [-0.3, -0.25) is 0 Å². The fourth-order valence-corrected chi connectivity index (χ4v) is 2.56. The van der Waals surface area contributed by atoms with Crippen LogP contribution < -0.4 is 0 Å². The zero-order valence-electron chi connectivity index (χ0n) is 18.4. The molecule has 0 saturated carbocycles. The molecule has 0 atom stereocenters. The van der Waals surface area contributed by atoms with Gasteiger partial charge in [0.25, 0.3) is 0 Å². The van der Waals surface area contributed by atoms with Crippen molar-refractivity contribution in [3.63, 3.8) is 0 Å². The Balaban J connectivity index is 0.000000497. The fraction of sp³-hybridized carbons (Fsp3) is 0.333. The van der Waals surface area contributed by atoms with Crippen LogP contribution in [-0.2, 0) is 0 Å². The van der Waals surface area contributed by atoms with Gasteiger partial charge in [0.1, 0.15) is 5.83 Å². The lowest BCUT2D eigenvalue weighted by atomic mass is 9.96. The highest BCUT2D eigenvalue weighted by Crippen LogP contribution is 2.26. The molecule has 0 unspecified atom stereocenters. The molecule has 0 bridgehead atoms. The van der Waals surface area contributed by atoms with Gasteiger partial charge >= 0.3 is 0 Å². The largest absolute Gasteiger partial charge is 0.207 e. The second-order valence-electron chi connectivity index (χ2n) is 6.66. The van der Waals surface area contributed by atoms with Crippen molar-refractivity contribution in [3.05, 3.63) is 102 Å². The molecular formula is C27H37F. The molecule has 1 aliphatic carbocycles. The van der Waals surface area contributed by atoms with Crippen LogP contribution in [0, 0.1) is 0 Å². The van der Waals surface area contributed by atoms with Gasteiger partial charge < -0.3 is 0 Å². The van der Waals surface area contributed by atoms with E-state index in [4.69, 9.17) is 0 Å². The summed E-state index contributed by atoms with van der Waals surface area (Å²) in [5, 5.41) is 0. The van der Waals surface area contributed by atoms with Crippen molar-refractivity contribution >= 4 is 5.57 Å². The number of benzene rings is 1. The lowest BCUT2D eigenvalue weighted by Gasteiger charge is -2.12. The average molecular weight is 381 g/mol. The van der Waals surface area contributed by atoms with E-state index in [2.05, 4.69) is 38.8 Å². The summed E-state index contributed by atoms with van der Waals surface area (Å²) < 4.78 is 13.0. The minimum Gasteiger partial charge on any atom is -0.207 e. The Morgan fingerprint density at radius 3 is 2.18 bits per heavy atom. The van der Waals surface area contributed by atoms with Crippen LogP contribution in [0.25, 0.3) is 5.57 Å². The zero-order chi connectivity index (χ0) is 21.5. The Bertz CT molecular complexity index is 723. The molecule has 0 saturated heterocycles. The van der Waals surface area contributed by atoms with Gasteiger partial charge in [-0.1, -0.05) is 94.5 Å². The molecule has 0 aliphatic heterocycles. The molecule has 152 valence electrons. The summed E-state index contributed by atoms with van der Waals surface area (Å²) in [7, 11) is 0. The number of halogens is 1. The van der Waals surface area contributed by atoms with Gasteiger partial charge in [-0.05, 0) is 67.5 Å². The van der Waals surface area contributed by atoms with Gasteiger partial charge in [0, 0.05) is 0 Å². The highest BCUT2D eigenvalue weighted by atomic mass is 19.1. The SMILES string of the molecule is C=C/C(=C\C(=C)C(=C)C)c1ccccc1.CC.CCCC1=CC(F)=C(C)CC1. The maximum Gasteiger partial charge on any atom is 0.122 e. The molecule has 0 radical (unpaired) electrons. The van der Waals surface area contributed by atoms with E-state index in [1.165, 1.54) is 5.57 Å². The van der Waals surface area contributed by atoms with Crippen LogP contribution >= 0.6 is 0 Å². The molecule has 0 fully saturated rings. The molecule has 0 aromatic heterocycles. The zero-order valence-corrected chi connectivity index (χ0v) is 18.4. The standard InChI is InChI=1S/C15H16.C10H15F.C2H6/c1-5-14(11-13(4)12(2)3)15-9-7-6-8-10-15;1-3-4-9-6-5-8(2)10(11)7-9;1-2/h5-11H,1-2,4H2,3H3;7H,3-6H2,1-2H3;1-2H3/b14-11+;;. The van der Waals surface area contributed by atoms with Crippen LogP contribution in [-0.4, -0.2) is 0 Å². The smallest absolute Gasteiger partial charge is 0.122 e. The second kappa shape index (κ2) is 14.6. The number of rotatable bonds is 6. The number of hydrogen-bond acceptors (Lipinski definition) is 0. The minimum atomic E-state index is -0.000278. The van der Waals surface area contributed by atoms with Crippen LogP contribution in [0.4, 0.5) is 4.39 Å². The third kappa shape index (κ3) is 9.50. The first-order chi connectivity index (χ1) is 13.4. The van der Waals surface area contributed by atoms with Crippen LogP contribution in [0.15, 0.2) is 96.4 Å².